The van der Waals surface area contributed by atoms with Crippen molar-refractivity contribution in [2.75, 3.05) is 6.61 Å². The van der Waals surface area contributed by atoms with E-state index < -0.39 is 11.6 Å². The predicted octanol–water partition coefficient (Wildman–Crippen LogP) is 5.43. The summed E-state index contributed by atoms with van der Waals surface area (Å²) in [4.78, 5) is 17.7. The van der Waals surface area contributed by atoms with Gasteiger partial charge in [-0.15, -0.1) is 0 Å². The molecule has 1 aromatic carbocycles. The number of ether oxygens (including phenoxy) is 1. The van der Waals surface area contributed by atoms with E-state index in [-0.39, 0.29) is 36.9 Å². The molecule has 0 aliphatic carbocycles. The number of pyridine rings is 1. The van der Waals surface area contributed by atoms with Gasteiger partial charge >= 0.3 is 0 Å². The van der Waals surface area contributed by atoms with Crippen LogP contribution in [-0.2, 0) is 13.0 Å². The number of halogens is 2. The minimum Gasteiger partial charge on any atom is -0.485 e. The number of carbonyl (C=O) groups is 1. The average molecular weight is 445 g/mol. The van der Waals surface area contributed by atoms with Gasteiger partial charge < -0.3 is 9.84 Å². The molecule has 7 heteroatoms. The molecule has 0 aliphatic heterocycles. The summed E-state index contributed by atoms with van der Waals surface area (Å²) < 4.78 is 35.6. The zero-order valence-corrected chi connectivity index (χ0v) is 18.8. The van der Waals surface area contributed by atoms with Gasteiger partial charge in [0.2, 0.25) is 0 Å². The van der Waals surface area contributed by atoms with E-state index in [0.717, 1.165) is 24.8 Å². The number of aryl methyl sites for hydroxylation is 2. The molecule has 3 aromatic rings. The first-order chi connectivity index (χ1) is 15.4. The van der Waals surface area contributed by atoms with Gasteiger partial charge in [0.15, 0.2) is 17.2 Å². The number of carbonyl (C=O) groups excluding carboxylic acids is 1. The zero-order chi connectivity index (χ0) is 23.3. The maximum atomic E-state index is 14.0. The molecule has 0 amide bonds. The van der Waals surface area contributed by atoms with Crippen molar-refractivity contribution in [2.45, 2.75) is 59.5 Å². The summed E-state index contributed by atoms with van der Waals surface area (Å²) in [5.74, 6) is -1.18. The summed E-state index contributed by atoms with van der Waals surface area (Å²) in [6.45, 7) is 5.47. The zero-order valence-electron chi connectivity index (χ0n) is 18.8. The van der Waals surface area contributed by atoms with E-state index in [2.05, 4.69) is 11.9 Å². The fourth-order valence-corrected chi connectivity index (χ4v) is 3.85. The molecule has 3 rings (SSSR count). The van der Waals surface area contributed by atoms with Gasteiger partial charge in [-0.2, -0.15) is 0 Å². The summed E-state index contributed by atoms with van der Waals surface area (Å²) in [5, 5.41) is 9.68. The normalized spacial score (nSPS) is 12.3. The molecule has 0 saturated heterocycles. The first kappa shape index (κ1) is 23.9. The van der Waals surface area contributed by atoms with Crippen LogP contribution in [0.3, 0.4) is 0 Å². The van der Waals surface area contributed by atoms with E-state index in [1.807, 2.05) is 13.1 Å². The fourth-order valence-electron chi connectivity index (χ4n) is 3.85. The van der Waals surface area contributed by atoms with E-state index in [0.29, 0.717) is 29.2 Å². The van der Waals surface area contributed by atoms with E-state index in [4.69, 9.17) is 4.74 Å². The second-order valence-corrected chi connectivity index (χ2v) is 8.11. The highest BCUT2D eigenvalue weighted by Gasteiger charge is 2.23. The minimum absolute atomic E-state index is 0.0374. The van der Waals surface area contributed by atoms with Crippen LogP contribution in [0.4, 0.5) is 8.78 Å². The maximum absolute atomic E-state index is 14.0. The molecule has 1 atom stereocenters. The van der Waals surface area contributed by atoms with Crippen LogP contribution in [0.5, 0.6) is 5.75 Å². The van der Waals surface area contributed by atoms with Crippen LogP contribution < -0.4 is 4.74 Å². The number of aliphatic hydroxyl groups excluding tert-OH is 1. The van der Waals surface area contributed by atoms with Crippen molar-refractivity contribution < 1.29 is 23.4 Å². The number of benzene rings is 1. The Morgan fingerprint density at radius 3 is 2.59 bits per heavy atom. The molecule has 32 heavy (non-hydrogen) atoms. The summed E-state index contributed by atoms with van der Waals surface area (Å²) in [6, 6.07) is 5.46. The van der Waals surface area contributed by atoms with Gasteiger partial charge in [-0.1, -0.05) is 32.8 Å². The molecule has 0 unspecified atom stereocenters. The number of aromatic nitrogens is 2. The van der Waals surface area contributed by atoms with E-state index >= 15 is 0 Å². The molecule has 1 N–H and O–H groups in total. The van der Waals surface area contributed by atoms with Gasteiger partial charge in [0.1, 0.15) is 23.9 Å². The Bertz CT molecular complexity index is 1070. The number of fused-ring (bicyclic) bond motifs is 1. The van der Waals surface area contributed by atoms with Crippen LogP contribution in [-0.4, -0.2) is 26.9 Å². The van der Waals surface area contributed by atoms with Crippen molar-refractivity contribution in [3.05, 3.63) is 64.6 Å². The van der Waals surface area contributed by atoms with Crippen molar-refractivity contribution in [1.82, 2.24) is 9.38 Å². The van der Waals surface area contributed by atoms with Crippen molar-refractivity contribution in [1.29, 1.82) is 0 Å². The third-order valence-electron chi connectivity index (χ3n) is 5.72. The number of hydrogen-bond donors (Lipinski definition) is 1. The third kappa shape index (κ3) is 5.15. The molecule has 0 spiro atoms. The van der Waals surface area contributed by atoms with Gasteiger partial charge in [-0.05, 0) is 49.4 Å². The second-order valence-electron chi connectivity index (χ2n) is 8.11. The standard InChI is InChI=1S/C25H30F2N2O3/c1-4-6-8-18(14-30)11-22(31)24-16(3)28-25-23(12-17(5-2)13-29(24)25)32-15-19-20(26)9-7-10-21(19)27/h7,9-10,12-13,18,30H,4-6,8,11,14-15H2,1-3H3/t18-/m0/s1. The lowest BCUT2D eigenvalue weighted by atomic mass is 9.95. The molecular weight excluding hydrogens is 414 g/mol. The summed E-state index contributed by atoms with van der Waals surface area (Å²) in [7, 11) is 0. The number of imidazole rings is 1. The smallest absolute Gasteiger partial charge is 0.181 e. The fraction of sp³-hybridized carbons (Fsp3) is 0.440. The van der Waals surface area contributed by atoms with Gasteiger partial charge in [-0.25, -0.2) is 13.8 Å². The molecule has 0 bridgehead atoms. The number of ketones is 1. The van der Waals surface area contributed by atoms with Crippen molar-refractivity contribution in [3.63, 3.8) is 0 Å². The largest absolute Gasteiger partial charge is 0.485 e. The molecule has 5 nitrogen and oxygen atoms in total. The first-order valence-corrected chi connectivity index (χ1v) is 11.1. The number of aliphatic hydroxyl groups is 1. The van der Waals surface area contributed by atoms with Gasteiger partial charge in [-0.3, -0.25) is 9.20 Å². The quantitative estimate of drug-likeness (QED) is 0.400. The lowest BCUT2D eigenvalue weighted by Crippen LogP contribution is -2.15. The highest BCUT2D eigenvalue weighted by Crippen LogP contribution is 2.28. The van der Waals surface area contributed by atoms with Crippen molar-refractivity contribution in [2.24, 2.45) is 5.92 Å². The molecular formula is C25H30F2N2O3. The monoisotopic (exact) mass is 444 g/mol. The Morgan fingerprint density at radius 2 is 1.97 bits per heavy atom. The van der Waals surface area contributed by atoms with Crippen molar-refractivity contribution in [3.8, 4) is 5.75 Å². The number of Topliss-reactive ketones (excluding diaryl/α,β-unsaturated/α-hetero) is 1. The van der Waals surface area contributed by atoms with E-state index in [9.17, 15) is 18.7 Å². The molecule has 2 heterocycles. The maximum Gasteiger partial charge on any atom is 0.181 e. The molecule has 0 radical (unpaired) electrons. The number of hydrogen-bond acceptors (Lipinski definition) is 4. The van der Waals surface area contributed by atoms with Gasteiger partial charge in [0.05, 0.1) is 11.3 Å². The highest BCUT2D eigenvalue weighted by molar-refractivity contribution is 5.97. The SMILES string of the molecule is CCCC[C@H](CO)CC(=O)c1c(C)nc2c(OCc3c(F)cccc3F)cc(CC)cn12. The Balaban J connectivity index is 1.95. The minimum atomic E-state index is -0.676. The molecule has 172 valence electrons. The van der Waals surface area contributed by atoms with Gasteiger partial charge in [0.25, 0.3) is 0 Å². The number of nitrogens with zero attached hydrogens (tertiary/aromatic N) is 2. The topological polar surface area (TPSA) is 63.8 Å². The summed E-state index contributed by atoms with van der Waals surface area (Å²) in [5.41, 5.74) is 2.17. The van der Waals surface area contributed by atoms with Crippen LogP contribution in [0.1, 0.15) is 66.8 Å². The van der Waals surface area contributed by atoms with Crippen LogP contribution in [0.25, 0.3) is 5.65 Å². The predicted molar refractivity (Wildman–Crippen MR) is 119 cm³/mol. The second kappa shape index (κ2) is 10.7. The van der Waals surface area contributed by atoms with E-state index in [1.54, 1.807) is 17.4 Å². The number of rotatable bonds is 11. The lowest BCUT2D eigenvalue weighted by molar-refractivity contribution is 0.0923. The van der Waals surface area contributed by atoms with Crippen LogP contribution in [0, 0.1) is 24.5 Å². The van der Waals surface area contributed by atoms with Gasteiger partial charge in [0, 0.05) is 19.2 Å². The molecule has 2 aromatic heterocycles. The molecule has 0 aliphatic rings. The van der Waals surface area contributed by atoms with Crippen LogP contribution in [0.2, 0.25) is 0 Å². The summed E-state index contributed by atoms with van der Waals surface area (Å²) in [6.07, 6.45) is 5.51. The molecule has 0 saturated carbocycles. The Hall–Kier alpha value is -2.80. The first-order valence-electron chi connectivity index (χ1n) is 11.1. The Morgan fingerprint density at radius 1 is 1.25 bits per heavy atom. The Labute approximate surface area is 187 Å². The number of unbranched alkanes of at least 4 members (excludes halogenated alkanes) is 1. The third-order valence-corrected chi connectivity index (χ3v) is 5.72. The summed E-state index contributed by atoms with van der Waals surface area (Å²) >= 11 is 0. The lowest BCUT2D eigenvalue weighted by Gasteiger charge is -2.14. The highest BCUT2D eigenvalue weighted by atomic mass is 19.1. The Kier molecular flexibility index (Phi) is 7.96. The van der Waals surface area contributed by atoms with Crippen LogP contribution in [0.15, 0.2) is 30.5 Å². The van der Waals surface area contributed by atoms with Crippen LogP contribution >= 0.6 is 0 Å². The average Bonchev–Trinajstić information content (AvgIpc) is 3.11. The van der Waals surface area contributed by atoms with Crippen molar-refractivity contribution >= 4 is 11.4 Å². The molecule has 0 fully saturated rings. The van der Waals surface area contributed by atoms with E-state index in [1.165, 1.54) is 18.2 Å².